The Morgan fingerprint density at radius 2 is 2.30 bits per heavy atom. The molecule has 118 valence electrons. The maximum absolute atomic E-state index is 12.7. The standard InChI is InChI=1S/C18H22N3O.Ra.H/c1-18(2)13-6-5-12(15(18)10-13)11-19-17(22)14-4-3-9-21-16(14)7-8-20-21;;/h3-4,7,9,12-13,15H,5-6,10-11H2,1-2H3,(H,19,22);;/t12-,13-,15-;;/m1../s1. The summed E-state index contributed by atoms with van der Waals surface area (Å²) in [6, 6.07) is 5.89. The molecule has 4 nitrogen and oxygen atoms in total. The molecule has 2 aromatic rings. The van der Waals surface area contributed by atoms with Gasteiger partial charge in [-0.05, 0) is 0 Å². The molecule has 0 radical (unpaired) electrons. The van der Waals surface area contributed by atoms with Crippen LogP contribution in [0.15, 0.2) is 24.4 Å². The van der Waals surface area contributed by atoms with Gasteiger partial charge in [-0.2, -0.15) is 0 Å². The molecule has 23 heavy (non-hydrogen) atoms. The number of aromatic nitrogens is 2. The van der Waals surface area contributed by atoms with Crippen LogP contribution >= 0.6 is 0 Å². The van der Waals surface area contributed by atoms with Gasteiger partial charge in [0.25, 0.3) is 0 Å². The van der Waals surface area contributed by atoms with Crippen molar-refractivity contribution in [3.05, 3.63) is 30.0 Å². The van der Waals surface area contributed by atoms with Gasteiger partial charge in [-0.25, -0.2) is 0 Å². The van der Waals surface area contributed by atoms with Crippen LogP contribution in [0.3, 0.4) is 0 Å². The number of amides is 1. The Bertz CT molecular complexity index is 765. The van der Waals surface area contributed by atoms with Gasteiger partial charge >= 0.3 is 167 Å². The van der Waals surface area contributed by atoms with E-state index in [1.54, 1.807) is 0 Å². The quantitative estimate of drug-likeness (QED) is 0.670. The molecule has 5 heteroatoms. The summed E-state index contributed by atoms with van der Waals surface area (Å²) in [5, 5.41) is 7.68. The molecule has 3 saturated carbocycles. The van der Waals surface area contributed by atoms with Crippen LogP contribution in [0.1, 0.15) is 43.5 Å². The van der Waals surface area contributed by atoms with Gasteiger partial charge < -0.3 is 0 Å². The van der Waals surface area contributed by atoms with E-state index >= 15 is 0 Å². The first-order valence-electron chi connectivity index (χ1n) is 8.70. The summed E-state index contributed by atoms with van der Waals surface area (Å²) >= 11 is 0.210. The van der Waals surface area contributed by atoms with Gasteiger partial charge in [-0.3, -0.25) is 0 Å². The first-order chi connectivity index (χ1) is 11.0. The molecule has 0 unspecified atom stereocenters. The Morgan fingerprint density at radius 3 is 3.04 bits per heavy atom. The fraction of sp³-hybridized carbons (Fsp3) is 0.556. The third-order valence-corrected chi connectivity index (χ3v) is 8.40. The molecule has 0 spiro atoms. The van der Waals surface area contributed by atoms with E-state index < -0.39 is 0 Å². The van der Waals surface area contributed by atoms with Crippen LogP contribution < -0.4 is 6.05 Å². The summed E-state index contributed by atoms with van der Waals surface area (Å²) in [7, 11) is 0. The van der Waals surface area contributed by atoms with Crippen LogP contribution in [-0.4, -0.2) is 22.1 Å². The van der Waals surface area contributed by atoms with E-state index in [2.05, 4.69) is 30.3 Å². The Hall–Kier alpha value is -0.372. The van der Waals surface area contributed by atoms with Gasteiger partial charge in [0, 0.05) is 0 Å². The zero-order valence-corrected chi connectivity index (χ0v) is 22.4. The predicted octanol–water partition coefficient (Wildman–Crippen LogP) is 2.04. The predicted molar refractivity (Wildman–Crippen MR) is 86.7 cm³/mol. The summed E-state index contributed by atoms with van der Waals surface area (Å²) in [5.74, 6) is 2.38. The van der Waals surface area contributed by atoms with E-state index in [0.717, 1.165) is 30.2 Å². The summed E-state index contributed by atoms with van der Waals surface area (Å²) in [6.45, 7) is 5.62. The Balaban J connectivity index is 1.48. The number of pyridine rings is 1. The zero-order chi connectivity index (χ0) is 16.2. The summed E-state index contributed by atoms with van der Waals surface area (Å²) in [4.78, 5) is 12.7. The van der Waals surface area contributed by atoms with Crippen molar-refractivity contribution in [3.8, 4) is 0 Å². The minimum atomic E-state index is 0.0484. The maximum atomic E-state index is 12.7. The fourth-order valence-corrected chi connectivity index (χ4v) is 6.86. The second-order valence-corrected chi connectivity index (χ2v) is 12.2. The van der Waals surface area contributed by atoms with Gasteiger partial charge in [0.2, 0.25) is 0 Å². The normalized spacial score (nSPS) is 28.3. The van der Waals surface area contributed by atoms with Gasteiger partial charge in [0.1, 0.15) is 0 Å². The first-order valence-corrected chi connectivity index (χ1v) is 12.8. The molecule has 0 saturated heterocycles. The number of rotatable bonds is 3. The molecule has 5 rings (SSSR count). The Morgan fingerprint density at radius 1 is 1.48 bits per heavy atom. The SMILES string of the molecule is CC1(C)[C@@H]2CC[C@H](CNC(=O)c3cccn4n[c]([RaH])cc34)[C@H]1C2. The molecule has 3 aliphatic rings. The molecule has 0 aliphatic heterocycles. The van der Waals surface area contributed by atoms with E-state index in [0.29, 0.717) is 11.3 Å². The van der Waals surface area contributed by atoms with Gasteiger partial charge in [0.15, 0.2) is 0 Å². The molecular formula is C18H23N3ORa. The number of carbonyl (C=O) groups is 1. The van der Waals surface area contributed by atoms with Crippen molar-refractivity contribution >= 4 is 12.2 Å². The molecule has 3 fully saturated rings. The van der Waals surface area contributed by atoms with Crippen molar-refractivity contribution in [1.82, 2.24) is 14.9 Å². The van der Waals surface area contributed by atoms with Crippen molar-refractivity contribution in [2.45, 2.75) is 33.1 Å². The molecule has 2 bridgehead atoms. The second-order valence-electron chi connectivity index (χ2n) is 7.95. The fourth-order valence-electron chi connectivity index (χ4n) is 4.86. The molecular weight excluding hydrogens is 500 g/mol. The molecule has 1 N–H and O–H groups in total. The number of nitrogens with zero attached hydrogens (tertiary/aromatic N) is 2. The monoisotopic (exact) mass is 523 g/mol. The first kappa shape index (κ1) is 16.1. The van der Waals surface area contributed by atoms with Crippen molar-refractivity contribution in [2.75, 3.05) is 6.54 Å². The number of carbonyl (C=O) groups excluding carboxylic acids is 1. The van der Waals surface area contributed by atoms with Crippen molar-refractivity contribution in [2.24, 2.45) is 23.2 Å². The van der Waals surface area contributed by atoms with Crippen LogP contribution in [0.2, 0.25) is 0 Å². The summed E-state index contributed by atoms with van der Waals surface area (Å²) in [5.41, 5.74) is 2.17. The van der Waals surface area contributed by atoms with Gasteiger partial charge in [-0.1, -0.05) is 0 Å². The van der Waals surface area contributed by atoms with Crippen molar-refractivity contribution < 1.29 is 47.6 Å². The van der Waals surface area contributed by atoms with Crippen LogP contribution in [-0.2, 0) is 0 Å². The molecule has 2 aromatic heterocycles. The molecule has 3 atom stereocenters. The number of hydrogen-bond donors (Lipinski definition) is 1. The van der Waals surface area contributed by atoms with Crippen molar-refractivity contribution in [3.63, 3.8) is 0 Å². The van der Waals surface area contributed by atoms with E-state index in [4.69, 9.17) is 0 Å². The third-order valence-electron chi connectivity index (χ3n) is 6.39. The van der Waals surface area contributed by atoms with E-state index in [9.17, 15) is 4.79 Å². The Labute approximate surface area is 166 Å². The number of fused-ring (bicyclic) bond motifs is 3. The minimum absolute atomic E-state index is 0.0484. The van der Waals surface area contributed by atoms with Gasteiger partial charge in [0.05, 0.1) is 0 Å². The number of nitrogens with one attached hydrogen (secondary N) is 1. The molecule has 3 aliphatic carbocycles. The van der Waals surface area contributed by atoms with Crippen LogP contribution in [0, 0.1) is 66.0 Å². The van der Waals surface area contributed by atoms with Crippen LogP contribution in [0.4, 0.5) is 0 Å². The average molecular weight is 523 g/mol. The van der Waals surface area contributed by atoms with E-state index in [1.807, 2.05) is 22.8 Å². The van der Waals surface area contributed by atoms with Crippen LogP contribution in [0.5, 0.6) is 0 Å². The second kappa shape index (κ2) is 5.86. The molecule has 2 heterocycles. The summed E-state index contributed by atoms with van der Waals surface area (Å²) in [6.07, 6.45) is 5.88. The zero-order valence-electron chi connectivity index (χ0n) is 14.2. The van der Waals surface area contributed by atoms with Gasteiger partial charge in [-0.15, -0.1) is 0 Å². The van der Waals surface area contributed by atoms with E-state index in [-0.39, 0.29) is 48.7 Å². The topological polar surface area (TPSA) is 46.4 Å². The van der Waals surface area contributed by atoms with Crippen LogP contribution in [0.25, 0.3) is 5.52 Å². The molecule has 0 aromatic carbocycles. The molecule has 1 amide bonds. The van der Waals surface area contributed by atoms with Crippen molar-refractivity contribution in [1.29, 1.82) is 0 Å². The number of hydrogen-bond acceptors (Lipinski definition) is 2. The average Bonchev–Trinajstić information content (AvgIpc) is 2.92. The third kappa shape index (κ3) is 2.69. The summed E-state index contributed by atoms with van der Waals surface area (Å²) < 4.78 is 3.00. The van der Waals surface area contributed by atoms with E-state index in [1.165, 1.54) is 19.3 Å². The Kier molecular flexibility index (Phi) is 4.11.